The highest BCUT2D eigenvalue weighted by molar-refractivity contribution is 6.09. The summed E-state index contributed by atoms with van der Waals surface area (Å²) in [7, 11) is 0. The second-order valence-electron chi connectivity index (χ2n) is 16.7. The molecule has 1 aliphatic carbocycles. The topological polar surface area (TPSA) is 23.2 Å². The smallest absolute Gasteiger partial charge is 0.254 e. The summed E-state index contributed by atoms with van der Waals surface area (Å²) in [6, 6.07) is 55.6. The van der Waals surface area contributed by atoms with Crippen molar-refractivity contribution in [2.24, 2.45) is 0 Å². The van der Waals surface area contributed by atoms with Gasteiger partial charge in [0.25, 0.3) is 11.6 Å². The Kier molecular flexibility index (Phi) is 6.72. The average Bonchev–Trinajstić information content (AvgIpc) is 4.05. The van der Waals surface area contributed by atoms with Crippen LogP contribution in [0.15, 0.2) is 146 Å². The van der Waals surface area contributed by atoms with Gasteiger partial charge in [0.1, 0.15) is 54.7 Å². The van der Waals surface area contributed by atoms with E-state index in [9.17, 15) is 0 Å². The summed E-state index contributed by atoms with van der Waals surface area (Å²) in [5, 5.41) is 12.2. The largest absolute Gasteiger partial charge is 0.452 e. The first-order valence-electron chi connectivity index (χ1n) is 20.9. The molecular weight excluding hydrogens is 697 g/mol. The van der Waals surface area contributed by atoms with Gasteiger partial charge in [-0.1, -0.05) is 103 Å². The Morgan fingerprint density at radius 2 is 0.807 bits per heavy atom. The number of hydrogen-bond donors (Lipinski definition) is 0. The number of aromatic nitrogens is 3. The molecule has 57 heavy (non-hydrogen) atoms. The van der Waals surface area contributed by atoms with Gasteiger partial charge in [0.05, 0.1) is 29.0 Å². The van der Waals surface area contributed by atoms with Crippen LogP contribution in [0.25, 0.3) is 65.0 Å². The highest BCUT2D eigenvalue weighted by Crippen LogP contribution is 2.40. The number of benzene rings is 6. The molecule has 3 atom stereocenters. The number of fused-ring (bicyclic) bond motifs is 18. The van der Waals surface area contributed by atoms with Crippen molar-refractivity contribution in [1.29, 1.82) is 0 Å². The highest BCUT2D eigenvalue weighted by atomic mass is 15.4. The van der Waals surface area contributed by atoms with Crippen molar-refractivity contribution in [3.8, 4) is 0 Å². The zero-order valence-electron chi connectivity index (χ0n) is 32.0. The SMILES string of the molecule is C1=[n+]2c(c3ccccc3c3ccccc32)=[N+](C2C[C@@H](N3CC[n+]4c3c3ccccc3c3ccccc34)C[C@@H](N3CC[n+]4c3c3ccccc3c3ccccc34)C2)C1. The van der Waals surface area contributed by atoms with Crippen molar-refractivity contribution in [2.45, 2.75) is 50.5 Å². The molecule has 6 heterocycles. The molecule has 0 radical (unpaired) electrons. The van der Waals surface area contributed by atoms with Gasteiger partial charge >= 0.3 is 5.49 Å². The molecule has 4 aliphatic rings. The van der Waals surface area contributed by atoms with Gasteiger partial charge in [-0.15, -0.1) is 4.24 Å². The van der Waals surface area contributed by atoms with Crippen molar-refractivity contribution in [3.63, 3.8) is 0 Å². The number of pyridine rings is 3. The lowest BCUT2D eigenvalue weighted by Crippen LogP contribution is -2.55. The Morgan fingerprint density at radius 1 is 0.404 bits per heavy atom. The van der Waals surface area contributed by atoms with Crippen LogP contribution in [0.3, 0.4) is 0 Å². The number of anilines is 2. The molecule has 1 unspecified atom stereocenters. The maximum atomic E-state index is 2.84. The number of hydrogen-bond acceptors (Lipinski definition) is 2. The molecule has 3 aliphatic heterocycles. The van der Waals surface area contributed by atoms with Gasteiger partial charge < -0.3 is 0 Å². The molecule has 0 N–H and O–H groups in total. The van der Waals surface area contributed by atoms with Gasteiger partial charge in [-0.2, -0.15) is 4.58 Å². The minimum absolute atomic E-state index is 0.366. The van der Waals surface area contributed by atoms with Gasteiger partial charge in [-0.05, 0) is 36.4 Å². The van der Waals surface area contributed by atoms with E-state index in [-0.39, 0.29) is 0 Å². The molecule has 0 bridgehead atoms. The van der Waals surface area contributed by atoms with Crippen LogP contribution in [0.5, 0.6) is 0 Å². The van der Waals surface area contributed by atoms with Gasteiger partial charge in [-0.3, -0.25) is 9.80 Å². The lowest BCUT2D eigenvalue weighted by atomic mass is 9.84. The molecule has 0 saturated heterocycles. The van der Waals surface area contributed by atoms with E-state index < -0.39 is 0 Å². The first-order valence-corrected chi connectivity index (χ1v) is 20.9. The summed E-state index contributed by atoms with van der Waals surface area (Å²) < 4.78 is 10.6. The monoisotopic (exact) mass is 740 g/mol. The maximum Gasteiger partial charge on any atom is 0.452 e. The Balaban J connectivity index is 1.02. The van der Waals surface area contributed by atoms with Crippen LogP contribution in [0.2, 0.25) is 0 Å². The van der Waals surface area contributed by atoms with Crippen LogP contribution < -0.4 is 33.2 Å². The average molecular weight is 741 g/mol. The third-order valence-corrected chi connectivity index (χ3v) is 14.0. The third kappa shape index (κ3) is 4.47. The van der Waals surface area contributed by atoms with E-state index in [0.29, 0.717) is 18.1 Å². The highest BCUT2D eigenvalue weighted by Gasteiger charge is 2.51. The summed E-state index contributed by atoms with van der Waals surface area (Å²) in [6.45, 7) is 5.01. The van der Waals surface area contributed by atoms with E-state index in [1.807, 2.05) is 0 Å². The first-order chi connectivity index (χ1) is 28.3. The zero-order chi connectivity index (χ0) is 37.2. The molecule has 3 aromatic heterocycles. The van der Waals surface area contributed by atoms with Crippen LogP contribution >= 0.6 is 0 Å². The maximum absolute atomic E-state index is 2.84. The summed E-state index contributed by atoms with van der Waals surface area (Å²) in [4.78, 5) is 5.67. The molecule has 6 aromatic carbocycles. The Bertz CT molecular complexity index is 3170. The van der Waals surface area contributed by atoms with E-state index in [0.717, 1.165) is 52.0 Å². The predicted octanol–water partition coefficient (Wildman–Crippen LogP) is 7.31. The molecule has 6 nitrogen and oxygen atoms in total. The standard InChI is InChI=1S/C51H44N6/c1-4-19-43-37(13-1)40-16-7-10-22-46(40)55-28-25-52(49(43)55)34-31-35(53-26-29-56-47-23-11-8-17-41(47)38-14-2-5-20-44(38)50(53)56)33-36(32-34)54-27-30-57-48-24-12-9-18-42(48)39-15-3-6-21-45(39)51(54)57/h1-24,28,34-36H,25-27,29-33H2/q+4/t34?,35-,36+. The fourth-order valence-corrected chi connectivity index (χ4v) is 11.7. The molecule has 1 saturated carbocycles. The molecule has 274 valence electrons. The number of rotatable bonds is 3. The van der Waals surface area contributed by atoms with Crippen LogP contribution in [0.4, 0.5) is 11.6 Å². The Morgan fingerprint density at radius 3 is 1.33 bits per heavy atom. The van der Waals surface area contributed by atoms with Crippen LogP contribution in [0.1, 0.15) is 19.3 Å². The molecule has 0 spiro atoms. The van der Waals surface area contributed by atoms with Crippen molar-refractivity contribution in [2.75, 3.05) is 29.4 Å². The van der Waals surface area contributed by atoms with Gasteiger partial charge in [-0.25, -0.2) is 9.13 Å². The van der Waals surface area contributed by atoms with Crippen molar-refractivity contribution >= 4 is 76.7 Å². The van der Waals surface area contributed by atoms with Crippen LogP contribution in [-0.4, -0.2) is 37.8 Å². The minimum atomic E-state index is 0.366. The van der Waals surface area contributed by atoms with E-state index in [4.69, 9.17) is 0 Å². The second-order valence-corrected chi connectivity index (χ2v) is 16.7. The lowest BCUT2D eigenvalue weighted by Gasteiger charge is -2.36. The molecule has 1 fully saturated rings. The van der Waals surface area contributed by atoms with Crippen LogP contribution in [0, 0.1) is 6.21 Å². The predicted molar refractivity (Wildman–Crippen MR) is 230 cm³/mol. The van der Waals surface area contributed by atoms with Crippen molar-refractivity contribution in [1.82, 2.24) is 4.58 Å². The van der Waals surface area contributed by atoms with Gasteiger partial charge in [0, 0.05) is 39.4 Å². The number of nitrogens with zero attached hydrogens (tertiary/aromatic N) is 6. The summed E-state index contributed by atoms with van der Waals surface area (Å²) >= 11 is 0. The molecule has 13 rings (SSSR count). The summed E-state index contributed by atoms with van der Waals surface area (Å²) in [5.41, 5.74) is 5.34. The Labute approximate surface area is 330 Å². The zero-order valence-corrected chi connectivity index (χ0v) is 32.0. The fraction of sp³-hybridized carbons (Fsp3) is 0.216. The fourth-order valence-electron chi connectivity index (χ4n) is 11.7. The summed E-state index contributed by atoms with van der Waals surface area (Å²) in [6.07, 6.45) is 5.83. The van der Waals surface area contributed by atoms with Gasteiger partial charge in [0.15, 0.2) is 6.04 Å². The third-order valence-electron chi connectivity index (χ3n) is 14.0. The molecular formula is C51H44N6+4. The Hall–Kier alpha value is -6.40. The first kappa shape index (κ1) is 31.8. The quantitative estimate of drug-likeness (QED) is 0.140. The molecule has 6 heteroatoms. The van der Waals surface area contributed by atoms with Crippen molar-refractivity contribution < 1.29 is 13.4 Å². The van der Waals surface area contributed by atoms with Crippen LogP contribution in [-0.2, 0) is 13.1 Å². The number of para-hydroxylation sites is 3. The second kappa shape index (κ2) is 12.1. The van der Waals surface area contributed by atoms with Crippen molar-refractivity contribution in [3.05, 3.63) is 157 Å². The molecule has 0 amide bonds. The minimum Gasteiger partial charge on any atom is -0.254 e. The van der Waals surface area contributed by atoms with E-state index in [1.54, 1.807) is 0 Å². The lowest BCUT2D eigenvalue weighted by molar-refractivity contribution is -0.643. The van der Waals surface area contributed by atoms with Gasteiger partial charge in [0.2, 0.25) is 18.3 Å². The van der Waals surface area contributed by atoms with E-state index >= 15 is 0 Å². The normalized spacial score (nSPS) is 20.3. The van der Waals surface area contributed by atoms with E-state index in [1.165, 1.54) is 82.1 Å². The summed E-state index contributed by atoms with van der Waals surface area (Å²) in [5.74, 6) is 2.81. The van der Waals surface area contributed by atoms with E-state index in [2.05, 4.69) is 180 Å². The molecule has 9 aromatic rings.